The lowest BCUT2D eigenvalue weighted by atomic mass is 10.0. The van der Waals surface area contributed by atoms with E-state index in [-0.39, 0.29) is 18.4 Å². The number of hydrogen-bond acceptors (Lipinski definition) is 4. The van der Waals surface area contributed by atoms with Crippen molar-refractivity contribution in [3.63, 3.8) is 0 Å². The third kappa shape index (κ3) is 1.97. The van der Waals surface area contributed by atoms with Crippen LogP contribution in [-0.4, -0.2) is 45.6 Å². The minimum Gasteiger partial charge on any atom is -0.396 e. The quantitative estimate of drug-likeness (QED) is 0.732. The van der Waals surface area contributed by atoms with Gasteiger partial charge in [0.25, 0.3) is 5.91 Å². The number of likely N-dealkylation sites (tertiary alicyclic amines) is 1. The molecule has 1 fully saturated rings. The third-order valence-electron chi connectivity index (χ3n) is 2.50. The number of aliphatic hydroxyl groups is 1. The molecule has 1 aliphatic heterocycles. The molecule has 5 heteroatoms. The average Bonchev–Trinajstić information content (AvgIpc) is 2.17. The minimum atomic E-state index is -0.104. The molecule has 1 aliphatic rings. The van der Waals surface area contributed by atoms with Crippen molar-refractivity contribution < 1.29 is 9.90 Å². The van der Waals surface area contributed by atoms with Crippen LogP contribution in [0, 0.1) is 12.8 Å². The van der Waals surface area contributed by atoms with E-state index in [1.807, 2.05) is 6.92 Å². The van der Waals surface area contributed by atoms with Crippen molar-refractivity contribution in [3.05, 3.63) is 23.8 Å². The van der Waals surface area contributed by atoms with E-state index in [1.54, 1.807) is 11.1 Å². The Bertz CT molecular complexity index is 357. The van der Waals surface area contributed by atoms with Crippen LogP contribution in [0.3, 0.4) is 0 Å². The Morgan fingerprint density at radius 1 is 1.53 bits per heavy atom. The Labute approximate surface area is 87.8 Å². The van der Waals surface area contributed by atoms with Crippen molar-refractivity contribution in [3.8, 4) is 0 Å². The molecule has 0 spiro atoms. The van der Waals surface area contributed by atoms with E-state index >= 15 is 0 Å². The predicted molar refractivity (Wildman–Crippen MR) is 53.2 cm³/mol. The monoisotopic (exact) mass is 207 g/mol. The first-order valence-corrected chi connectivity index (χ1v) is 4.89. The summed E-state index contributed by atoms with van der Waals surface area (Å²) in [6.07, 6.45) is 3.07. The van der Waals surface area contributed by atoms with Crippen LogP contribution in [-0.2, 0) is 0 Å². The number of amides is 1. The summed E-state index contributed by atoms with van der Waals surface area (Å²) in [6, 6.07) is 0. The molecule has 5 nitrogen and oxygen atoms in total. The summed E-state index contributed by atoms with van der Waals surface area (Å²) in [5.41, 5.74) is 1.17. The smallest absolute Gasteiger partial charge is 0.274 e. The summed E-state index contributed by atoms with van der Waals surface area (Å²) in [5.74, 6) is 0.125. The molecule has 0 aliphatic carbocycles. The van der Waals surface area contributed by atoms with E-state index in [4.69, 9.17) is 5.11 Å². The summed E-state index contributed by atoms with van der Waals surface area (Å²) < 4.78 is 0. The first kappa shape index (κ1) is 10.0. The van der Waals surface area contributed by atoms with Crippen molar-refractivity contribution in [1.29, 1.82) is 0 Å². The molecule has 1 N–H and O–H groups in total. The molecule has 0 unspecified atom stereocenters. The fourth-order valence-electron chi connectivity index (χ4n) is 1.52. The SMILES string of the molecule is Cc1cnc(C(=O)N2CC(CO)C2)cn1. The maximum absolute atomic E-state index is 11.7. The molecule has 0 atom stereocenters. The lowest BCUT2D eigenvalue weighted by Gasteiger charge is -2.37. The number of nitrogens with zero attached hydrogens (tertiary/aromatic N) is 3. The van der Waals surface area contributed by atoms with Gasteiger partial charge < -0.3 is 10.0 Å². The highest BCUT2D eigenvalue weighted by molar-refractivity contribution is 5.92. The number of carbonyl (C=O) groups excluding carboxylic acids is 1. The molecule has 1 aromatic heterocycles. The Morgan fingerprint density at radius 3 is 2.80 bits per heavy atom. The van der Waals surface area contributed by atoms with Crippen molar-refractivity contribution >= 4 is 5.91 Å². The van der Waals surface area contributed by atoms with Gasteiger partial charge >= 0.3 is 0 Å². The van der Waals surface area contributed by atoms with Gasteiger partial charge in [-0.05, 0) is 6.92 Å². The zero-order valence-corrected chi connectivity index (χ0v) is 8.55. The van der Waals surface area contributed by atoms with Gasteiger partial charge in [0.2, 0.25) is 0 Å². The molecule has 15 heavy (non-hydrogen) atoms. The molecule has 2 heterocycles. The summed E-state index contributed by atoms with van der Waals surface area (Å²) in [4.78, 5) is 21.4. The fourth-order valence-corrected chi connectivity index (χ4v) is 1.52. The number of carbonyl (C=O) groups is 1. The van der Waals surface area contributed by atoms with E-state index in [9.17, 15) is 4.79 Å². The maximum Gasteiger partial charge on any atom is 0.274 e. The average molecular weight is 207 g/mol. The normalized spacial score (nSPS) is 16.3. The highest BCUT2D eigenvalue weighted by Crippen LogP contribution is 2.16. The van der Waals surface area contributed by atoms with Gasteiger partial charge in [0.15, 0.2) is 0 Å². The lowest BCUT2D eigenvalue weighted by Crippen LogP contribution is -2.51. The zero-order chi connectivity index (χ0) is 10.8. The molecule has 0 bridgehead atoms. The second-order valence-corrected chi connectivity index (χ2v) is 3.80. The lowest BCUT2D eigenvalue weighted by molar-refractivity contribution is 0.0356. The molecule has 0 aromatic carbocycles. The van der Waals surface area contributed by atoms with Crippen LogP contribution >= 0.6 is 0 Å². The van der Waals surface area contributed by atoms with E-state index in [2.05, 4.69) is 9.97 Å². The van der Waals surface area contributed by atoms with Crippen molar-refractivity contribution in [2.24, 2.45) is 5.92 Å². The second kappa shape index (κ2) is 3.94. The highest BCUT2D eigenvalue weighted by atomic mass is 16.3. The number of hydrogen-bond donors (Lipinski definition) is 1. The maximum atomic E-state index is 11.7. The standard InChI is InChI=1S/C10H13N3O2/c1-7-2-12-9(3-11-7)10(15)13-4-8(5-13)6-14/h2-3,8,14H,4-6H2,1H3. The zero-order valence-electron chi connectivity index (χ0n) is 8.55. The summed E-state index contributed by atoms with van der Waals surface area (Å²) >= 11 is 0. The van der Waals surface area contributed by atoms with Gasteiger partial charge in [-0.3, -0.25) is 9.78 Å². The molecular formula is C10H13N3O2. The van der Waals surface area contributed by atoms with Gasteiger partial charge in [-0.2, -0.15) is 0 Å². The third-order valence-corrected chi connectivity index (χ3v) is 2.50. The summed E-state index contributed by atoms with van der Waals surface area (Å²) in [7, 11) is 0. The van der Waals surface area contributed by atoms with E-state index < -0.39 is 0 Å². The van der Waals surface area contributed by atoms with E-state index in [1.165, 1.54) is 6.20 Å². The minimum absolute atomic E-state index is 0.104. The highest BCUT2D eigenvalue weighted by Gasteiger charge is 2.31. The number of rotatable bonds is 2. The van der Waals surface area contributed by atoms with Gasteiger partial charge in [-0.15, -0.1) is 0 Å². The summed E-state index contributed by atoms with van der Waals surface area (Å²) in [6.45, 7) is 3.20. The topological polar surface area (TPSA) is 66.3 Å². The van der Waals surface area contributed by atoms with Crippen LogP contribution in [0.1, 0.15) is 16.2 Å². The molecule has 1 saturated heterocycles. The van der Waals surface area contributed by atoms with Gasteiger partial charge in [0.1, 0.15) is 5.69 Å². The van der Waals surface area contributed by atoms with Crippen LogP contribution < -0.4 is 0 Å². The fraction of sp³-hybridized carbons (Fsp3) is 0.500. The molecule has 80 valence electrons. The Hall–Kier alpha value is -1.49. The number of aromatic nitrogens is 2. The van der Waals surface area contributed by atoms with Gasteiger partial charge in [-0.1, -0.05) is 0 Å². The molecule has 2 rings (SSSR count). The Kier molecular flexibility index (Phi) is 2.64. The molecule has 1 amide bonds. The van der Waals surface area contributed by atoms with Gasteiger partial charge in [0.05, 0.1) is 11.9 Å². The van der Waals surface area contributed by atoms with Gasteiger partial charge in [0, 0.05) is 31.8 Å². The van der Waals surface area contributed by atoms with Crippen LogP contribution in [0.5, 0.6) is 0 Å². The second-order valence-electron chi connectivity index (χ2n) is 3.80. The van der Waals surface area contributed by atoms with E-state index in [0.717, 1.165) is 5.69 Å². The molecule has 0 saturated carbocycles. The largest absolute Gasteiger partial charge is 0.396 e. The van der Waals surface area contributed by atoms with Crippen molar-refractivity contribution in [2.75, 3.05) is 19.7 Å². The van der Waals surface area contributed by atoms with Crippen LogP contribution in [0.2, 0.25) is 0 Å². The Morgan fingerprint density at radius 2 is 2.27 bits per heavy atom. The molecule has 0 radical (unpaired) electrons. The first-order chi connectivity index (χ1) is 7.20. The summed E-state index contributed by atoms with van der Waals surface area (Å²) in [5, 5.41) is 8.83. The van der Waals surface area contributed by atoms with Crippen molar-refractivity contribution in [1.82, 2.24) is 14.9 Å². The molecular weight excluding hydrogens is 194 g/mol. The van der Waals surface area contributed by atoms with Crippen LogP contribution in [0.4, 0.5) is 0 Å². The molecule has 1 aromatic rings. The van der Waals surface area contributed by atoms with Crippen LogP contribution in [0.15, 0.2) is 12.4 Å². The predicted octanol–water partition coefficient (Wildman–Crippen LogP) is -0.151. The Balaban J connectivity index is 2.00. The van der Waals surface area contributed by atoms with E-state index in [0.29, 0.717) is 18.8 Å². The number of aliphatic hydroxyl groups excluding tert-OH is 1. The first-order valence-electron chi connectivity index (χ1n) is 4.89. The van der Waals surface area contributed by atoms with Crippen LogP contribution in [0.25, 0.3) is 0 Å². The van der Waals surface area contributed by atoms with Gasteiger partial charge in [-0.25, -0.2) is 4.98 Å². The van der Waals surface area contributed by atoms with Crippen molar-refractivity contribution in [2.45, 2.75) is 6.92 Å². The number of aryl methyl sites for hydroxylation is 1.